The first-order chi connectivity index (χ1) is 12.7. The SMILES string of the molecule is O=C(c1cccc(F)c1)N(Cc1cccnc1)C1Cc2ccccc2C1. The number of carbonyl (C=O) groups excluding carboxylic acids is 1. The number of rotatable bonds is 4. The Bertz CT molecular complexity index is 901. The van der Waals surface area contributed by atoms with Crippen LogP contribution in [-0.4, -0.2) is 21.8 Å². The molecule has 0 atom stereocenters. The Balaban J connectivity index is 1.65. The molecule has 0 saturated carbocycles. The first-order valence-electron chi connectivity index (χ1n) is 8.73. The highest BCUT2D eigenvalue weighted by Gasteiger charge is 2.30. The lowest BCUT2D eigenvalue weighted by Gasteiger charge is -2.29. The van der Waals surface area contributed by atoms with Gasteiger partial charge in [0.05, 0.1) is 0 Å². The maximum absolute atomic E-state index is 13.6. The van der Waals surface area contributed by atoms with Gasteiger partial charge in [0.1, 0.15) is 5.82 Å². The second-order valence-corrected chi connectivity index (χ2v) is 6.64. The van der Waals surface area contributed by atoms with E-state index in [-0.39, 0.29) is 11.9 Å². The lowest BCUT2D eigenvalue weighted by atomic mass is 10.1. The number of hydrogen-bond donors (Lipinski definition) is 0. The normalized spacial score (nSPS) is 13.4. The summed E-state index contributed by atoms with van der Waals surface area (Å²) in [4.78, 5) is 19.2. The zero-order chi connectivity index (χ0) is 17.9. The van der Waals surface area contributed by atoms with Crippen molar-refractivity contribution in [2.75, 3.05) is 0 Å². The molecule has 0 N–H and O–H groups in total. The molecule has 1 aliphatic rings. The average Bonchev–Trinajstić information content (AvgIpc) is 3.10. The molecule has 1 amide bonds. The third-order valence-electron chi connectivity index (χ3n) is 4.88. The summed E-state index contributed by atoms with van der Waals surface area (Å²) in [5.74, 6) is -0.543. The molecule has 0 aliphatic heterocycles. The largest absolute Gasteiger partial charge is 0.331 e. The predicted octanol–water partition coefficient (Wildman–Crippen LogP) is 4.03. The number of benzene rings is 2. The summed E-state index contributed by atoms with van der Waals surface area (Å²) in [7, 11) is 0. The third kappa shape index (κ3) is 3.36. The van der Waals surface area contributed by atoms with Gasteiger partial charge < -0.3 is 4.90 Å². The zero-order valence-corrected chi connectivity index (χ0v) is 14.3. The van der Waals surface area contributed by atoms with E-state index >= 15 is 0 Å². The van der Waals surface area contributed by atoms with Crippen LogP contribution in [0.3, 0.4) is 0 Å². The average molecular weight is 346 g/mol. The molecule has 0 fully saturated rings. The van der Waals surface area contributed by atoms with E-state index < -0.39 is 5.82 Å². The molecule has 0 radical (unpaired) electrons. The van der Waals surface area contributed by atoms with Gasteiger partial charge in [0, 0.05) is 30.5 Å². The van der Waals surface area contributed by atoms with Crippen molar-refractivity contribution in [2.45, 2.75) is 25.4 Å². The summed E-state index contributed by atoms with van der Waals surface area (Å²) < 4.78 is 13.6. The molecule has 0 bridgehead atoms. The van der Waals surface area contributed by atoms with Crippen molar-refractivity contribution in [1.29, 1.82) is 0 Å². The van der Waals surface area contributed by atoms with E-state index in [1.54, 1.807) is 24.5 Å². The molecule has 26 heavy (non-hydrogen) atoms. The molecule has 4 rings (SSSR count). The third-order valence-corrected chi connectivity index (χ3v) is 4.88. The van der Waals surface area contributed by atoms with E-state index in [0.717, 1.165) is 18.4 Å². The van der Waals surface area contributed by atoms with E-state index in [9.17, 15) is 9.18 Å². The maximum Gasteiger partial charge on any atom is 0.254 e. The van der Waals surface area contributed by atoms with Gasteiger partial charge in [-0.15, -0.1) is 0 Å². The fourth-order valence-electron chi connectivity index (χ4n) is 3.60. The van der Waals surface area contributed by atoms with E-state index in [1.165, 1.54) is 23.3 Å². The summed E-state index contributed by atoms with van der Waals surface area (Å²) in [6.45, 7) is 0.460. The first-order valence-corrected chi connectivity index (χ1v) is 8.73. The van der Waals surface area contributed by atoms with Crippen LogP contribution in [0.2, 0.25) is 0 Å². The molecular weight excluding hydrogens is 327 g/mol. The van der Waals surface area contributed by atoms with Crippen LogP contribution >= 0.6 is 0 Å². The Labute approximate surface area is 152 Å². The standard InChI is InChI=1S/C22H19FN2O/c23-20-9-3-8-19(11-20)22(26)25(15-16-5-4-10-24-14-16)21-12-17-6-1-2-7-18(17)13-21/h1-11,14,21H,12-13,15H2. The number of aromatic nitrogens is 1. The van der Waals surface area contributed by atoms with Gasteiger partial charge in [-0.2, -0.15) is 0 Å². The van der Waals surface area contributed by atoms with Gasteiger partial charge >= 0.3 is 0 Å². The summed E-state index contributed by atoms with van der Waals surface area (Å²) in [5.41, 5.74) is 3.90. The molecule has 1 aromatic heterocycles. The van der Waals surface area contributed by atoms with Crippen molar-refractivity contribution in [2.24, 2.45) is 0 Å². The first kappa shape index (κ1) is 16.5. The molecule has 3 nitrogen and oxygen atoms in total. The van der Waals surface area contributed by atoms with Crippen molar-refractivity contribution >= 4 is 5.91 Å². The molecule has 1 heterocycles. The summed E-state index contributed by atoms with van der Waals surface area (Å²) in [5, 5.41) is 0. The van der Waals surface area contributed by atoms with Crippen molar-refractivity contribution < 1.29 is 9.18 Å². The van der Waals surface area contributed by atoms with Crippen molar-refractivity contribution in [1.82, 2.24) is 9.88 Å². The van der Waals surface area contributed by atoms with E-state index in [4.69, 9.17) is 0 Å². The highest BCUT2D eigenvalue weighted by Crippen LogP contribution is 2.27. The number of fused-ring (bicyclic) bond motifs is 1. The maximum atomic E-state index is 13.6. The number of nitrogens with zero attached hydrogens (tertiary/aromatic N) is 2. The van der Waals surface area contributed by atoms with Gasteiger partial charge in [-0.3, -0.25) is 9.78 Å². The topological polar surface area (TPSA) is 33.2 Å². The van der Waals surface area contributed by atoms with Gasteiger partial charge in [0.15, 0.2) is 0 Å². The summed E-state index contributed by atoms with van der Waals surface area (Å²) in [6, 6.07) is 18.1. The lowest BCUT2D eigenvalue weighted by Crippen LogP contribution is -2.40. The fourth-order valence-corrected chi connectivity index (χ4v) is 3.60. The van der Waals surface area contributed by atoms with Gasteiger partial charge in [-0.1, -0.05) is 36.4 Å². The molecule has 2 aromatic carbocycles. The fraction of sp³-hybridized carbons (Fsp3) is 0.182. The van der Waals surface area contributed by atoms with Crippen LogP contribution in [-0.2, 0) is 19.4 Å². The Morgan fingerprint density at radius 1 is 1.04 bits per heavy atom. The molecule has 3 aromatic rings. The van der Waals surface area contributed by atoms with E-state index in [0.29, 0.717) is 12.1 Å². The van der Waals surface area contributed by atoms with Crippen molar-refractivity contribution in [3.05, 3.63) is 101 Å². The Kier molecular flexibility index (Phi) is 4.48. The van der Waals surface area contributed by atoms with E-state index in [2.05, 4.69) is 17.1 Å². The molecule has 130 valence electrons. The molecule has 1 aliphatic carbocycles. The van der Waals surface area contributed by atoms with Gasteiger partial charge in [0.2, 0.25) is 0 Å². The monoisotopic (exact) mass is 346 g/mol. The van der Waals surface area contributed by atoms with Crippen LogP contribution in [0, 0.1) is 5.82 Å². The molecule has 4 heteroatoms. The quantitative estimate of drug-likeness (QED) is 0.715. The highest BCUT2D eigenvalue weighted by atomic mass is 19.1. The highest BCUT2D eigenvalue weighted by molar-refractivity contribution is 5.94. The van der Waals surface area contributed by atoms with Gasteiger partial charge in [-0.05, 0) is 53.8 Å². The molecule has 0 unspecified atom stereocenters. The minimum atomic E-state index is -0.396. The Morgan fingerprint density at radius 2 is 1.81 bits per heavy atom. The Morgan fingerprint density at radius 3 is 2.46 bits per heavy atom. The van der Waals surface area contributed by atoms with Crippen molar-refractivity contribution in [3.8, 4) is 0 Å². The zero-order valence-electron chi connectivity index (χ0n) is 14.3. The van der Waals surface area contributed by atoms with Crippen LogP contribution in [0.4, 0.5) is 4.39 Å². The minimum absolute atomic E-state index is 0.0587. The Hall–Kier alpha value is -3.01. The number of pyridine rings is 1. The van der Waals surface area contributed by atoms with Crippen LogP contribution in [0.5, 0.6) is 0 Å². The number of amides is 1. The van der Waals surface area contributed by atoms with E-state index in [1.807, 2.05) is 29.2 Å². The number of carbonyl (C=O) groups is 1. The number of halogens is 1. The van der Waals surface area contributed by atoms with Gasteiger partial charge in [-0.25, -0.2) is 4.39 Å². The van der Waals surface area contributed by atoms with Crippen LogP contribution < -0.4 is 0 Å². The van der Waals surface area contributed by atoms with Crippen molar-refractivity contribution in [3.63, 3.8) is 0 Å². The smallest absolute Gasteiger partial charge is 0.254 e. The van der Waals surface area contributed by atoms with Gasteiger partial charge in [0.25, 0.3) is 5.91 Å². The van der Waals surface area contributed by atoms with Crippen LogP contribution in [0.1, 0.15) is 27.0 Å². The molecular formula is C22H19FN2O. The van der Waals surface area contributed by atoms with Crippen LogP contribution in [0.25, 0.3) is 0 Å². The minimum Gasteiger partial charge on any atom is -0.331 e. The predicted molar refractivity (Wildman–Crippen MR) is 98.1 cm³/mol. The molecule has 0 spiro atoms. The second-order valence-electron chi connectivity index (χ2n) is 6.64. The lowest BCUT2D eigenvalue weighted by molar-refractivity contribution is 0.0667. The second kappa shape index (κ2) is 7.08. The number of hydrogen-bond acceptors (Lipinski definition) is 2. The molecule has 0 saturated heterocycles. The summed E-state index contributed by atoms with van der Waals surface area (Å²) >= 11 is 0. The summed E-state index contributed by atoms with van der Waals surface area (Å²) in [6.07, 6.45) is 5.12. The van der Waals surface area contributed by atoms with Crippen LogP contribution in [0.15, 0.2) is 73.1 Å².